The number of benzene rings is 1. The number of aromatic nitrogens is 1. The first-order chi connectivity index (χ1) is 11.3. The van der Waals surface area contributed by atoms with Gasteiger partial charge in [-0.15, -0.1) is 0 Å². The second-order valence-electron chi connectivity index (χ2n) is 6.11. The first kappa shape index (κ1) is 15.8. The first-order valence-electron chi connectivity index (χ1n) is 8.31. The molecule has 1 aromatic heterocycles. The van der Waals surface area contributed by atoms with Crippen molar-refractivity contribution in [1.29, 1.82) is 0 Å². The van der Waals surface area contributed by atoms with Crippen LogP contribution in [0.2, 0.25) is 0 Å². The molecule has 1 aromatic carbocycles. The normalized spacial score (nSPS) is 16.8. The molecule has 0 aliphatic heterocycles. The molecule has 2 aromatic rings. The number of hydrogen-bond donors (Lipinski definition) is 1. The summed E-state index contributed by atoms with van der Waals surface area (Å²) in [5.74, 6) is 0.948. The van der Waals surface area contributed by atoms with Crippen LogP contribution in [0.5, 0.6) is 5.75 Å². The second kappa shape index (κ2) is 7.47. The molecule has 0 saturated heterocycles. The van der Waals surface area contributed by atoms with Gasteiger partial charge in [0, 0.05) is 24.8 Å². The maximum absolute atomic E-state index is 11.6. The Hall–Kier alpha value is -2.07. The Morgan fingerprint density at radius 1 is 1.26 bits per heavy atom. The lowest BCUT2D eigenvalue weighted by Crippen LogP contribution is -2.35. The zero-order valence-corrected chi connectivity index (χ0v) is 13.6. The number of fused-ring (bicyclic) bond motifs is 1. The van der Waals surface area contributed by atoms with Crippen molar-refractivity contribution in [2.45, 2.75) is 38.3 Å². The Bertz CT molecular complexity index is 709. The van der Waals surface area contributed by atoms with Gasteiger partial charge in [-0.25, -0.2) is 0 Å². The van der Waals surface area contributed by atoms with E-state index in [-0.39, 0.29) is 5.56 Å². The third kappa shape index (κ3) is 4.02. The molecule has 0 bridgehead atoms. The fourth-order valence-electron chi connectivity index (χ4n) is 3.23. The van der Waals surface area contributed by atoms with Crippen molar-refractivity contribution in [3.63, 3.8) is 0 Å². The van der Waals surface area contributed by atoms with Crippen LogP contribution in [0.3, 0.4) is 0 Å². The topological polar surface area (TPSA) is 43.3 Å². The highest BCUT2D eigenvalue weighted by atomic mass is 16.5. The molecule has 0 radical (unpaired) electrons. The Balaban J connectivity index is 1.47. The summed E-state index contributed by atoms with van der Waals surface area (Å²) in [6.45, 7) is 1.71. The Kier molecular flexibility index (Phi) is 5.13. The quantitative estimate of drug-likeness (QED) is 0.833. The van der Waals surface area contributed by atoms with E-state index in [2.05, 4.69) is 17.4 Å². The molecule has 0 fully saturated rings. The fourth-order valence-corrected chi connectivity index (χ4v) is 3.23. The van der Waals surface area contributed by atoms with Crippen molar-refractivity contribution < 1.29 is 4.74 Å². The third-order valence-electron chi connectivity index (χ3n) is 4.55. The van der Waals surface area contributed by atoms with E-state index < -0.39 is 0 Å². The highest BCUT2D eigenvalue weighted by Gasteiger charge is 2.18. The van der Waals surface area contributed by atoms with E-state index >= 15 is 0 Å². The number of nitrogens with zero attached hydrogens (tertiary/aromatic N) is 1. The lowest BCUT2D eigenvalue weighted by atomic mass is 9.88. The molecule has 1 heterocycles. The average molecular weight is 312 g/mol. The van der Waals surface area contributed by atoms with Crippen LogP contribution in [0.25, 0.3) is 0 Å². The molecule has 122 valence electrons. The lowest BCUT2D eigenvalue weighted by Gasteiger charge is -2.26. The molecular weight excluding hydrogens is 288 g/mol. The predicted octanol–water partition coefficient (Wildman–Crippen LogP) is 2.39. The van der Waals surface area contributed by atoms with Crippen molar-refractivity contribution in [2.24, 2.45) is 0 Å². The summed E-state index contributed by atoms with van der Waals surface area (Å²) < 4.78 is 7.06. The van der Waals surface area contributed by atoms with Crippen LogP contribution < -0.4 is 15.6 Å². The van der Waals surface area contributed by atoms with Crippen LogP contribution in [0.15, 0.2) is 47.4 Å². The minimum absolute atomic E-state index is 0.0769. The molecule has 1 unspecified atom stereocenters. The van der Waals surface area contributed by atoms with E-state index in [1.165, 1.54) is 11.1 Å². The molecule has 4 heteroatoms. The van der Waals surface area contributed by atoms with Crippen LogP contribution in [0.4, 0.5) is 0 Å². The number of nitrogens with one attached hydrogen (secondary N) is 1. The molecule has 0 saturated carbocycles. The van der Waals surface area contributed by atoms with Crippen LogP contribution in [-0.4, -0.2) is 24.3 Å². The summed E-state index contributed by atoms with van der Waals surface area (Å²) >= 11 is 0. The largest absolute Gasteiger partial charge is 0.497 e. The number of ether oxygens (including phenoxy) is 1. The summed E-state index contributed by atoms with van der Waals surface area (Å²) in [7, 11) is 1.72. The van der Waals surface area contributed by atoms with E-state index in [1.807, 2.05) is 18.3 Å². The highest BCUT2D eigenvalue weighted by molar-refractivity contribution is 5.37. The maximum Gasteiger partial charge on any atom is 0.250 e. The van der Waals surface area contributed by atoms with E-state index in [4.69, 9.17) is 4.74 Å². The average Bonchev–Trinajstić information content (AvgIpc) is 2.59. The van der Waals surface area contributed by atoms with Crippen molar-refractivity contribution in [3.8, 4) is 5.75 Å². The van der Waals surface area contributed by atoms with Gasteiger partial charge in [0.05, 0.1) is 7.11 Å². The van der Waals surface area contributed by atoms with Gasteiger partial charge in [-0.3, -0.25) is 4.79 Å². The van der Waals surface area contributed by atoms with Crippen molar-refractivity contribution in [1.82, 2.24) is 9.88 Å². The minimum atomic E-state index is 0.0769. The second-order valence-corrected chi connectivity index (χ2v) is 6.11. The van der Waals surface area contributed by atoms with E-state index in [0.29, 0.717) is 6.04 Å². The fraction of sp³-hybridized carbons (Fsp3) is 0.421. The number of pyridine rings is 1. The summed E-state index contributed by atoms with van der Waals surface area (Å²) in [5, 5.41) is 3.63. The SMILES string of the molecule is COc1ccc2c(c1)CCC(NCCCn1ccccc1=O)C2. The standard InChI is InChI=1S/C19H24N2O2/c1-23-18-9-7-15-13-17(8-6-16(15)14-18)20-10-4-12-21-11-3-2-5-19(21)22/h2-3,5,7,9,11,14,17,20H,4,6,8,10,12-13H2,1H3. The van der Waals surface area contributed by atoms with Gasteiger partial charge in [-0.1, -0.05) is 12.1 Å². The molecule has 4 nitrogen and oxygen atoms in total. The molecular formula is C19H24N2O2. The molecule has 3 rings (SSSR count). The monoisotopic (exact) mass is 312 g/mol. The zero-order chi connectivity index (χ0) is 16.1. The molecule has 1 aliphatic rings. The summed E-state index contributed by atoms with van der Waals surface area (Å²) in [4.78, 5) is 11.6. The Labute approximate surface area is 137 Å². The van der Waals surface area contributed by atoms with Gasteiger partial charge in [-0.2, -0.15) is 0 Å². The van der Waals surface area contributed by atoms with Gasteiger partial charge in [0.15, 0.2) is 0 Å². The Morgan fingerprint density at radius 2 is 2.17 bits per heavy atom. The number of hydrogen-bond acceptors (Lipinski definition) is 3. The van der Waals surface area contributed by atoms with Gasteiger partial charge in [0.1, 0.15) is 5.75 Å². The third-order valence-corrected chi connectivity index (χ3v) is 4.55. The lowest BCUT2D eigenvalue weighted by molar-refractivity contribution is 0.410. The molecule has 1 aliphatic carbocycles. The predicted molar refractivity (Wildman–Crippen MR) is 92.1 cm³/mol. The van der Waals surface area contributed by atoms with Crippen LogP contribution in [-0.2, 0) is 19.4 Å². The van der Waals surface area contributed by atoms with Crippen LogP contribution in [0, 0.1) is 0 Å². The molecule has 0 amide bonds. The number of rotatable bonds is 6. The van der Waals surface area contributed by atoms with Gasteiger partial charge < -0.3 is 14.6 Å². The van der Waals surface area contributed by atoms with Gasteiger partial charge in [0.25, 0.3) is 0 Å². The minimum Gasteiger partial charge on any atom is -0.497 e. The molecule has 1 atom stereocenters. The van der Waals surface area contributed by atoms with Gasteiger partial charge in [-0.05, 0) is 61.6 Å². The highest BCUT2D eigenvalue weighted by Crippen LogP contribution is 2.25. The van der Waals surface area contributed by atoms with Gasteiger partial charge >= 0.3 is 0 Å². The Morgan fingerprint density at radius 3 is 3.00 bits per heavy atom. The van der Waals surface area contributed by atoms with E-state index in [9.17, 15) is 4.79 Å². The van der Waals surface area contributed by atoms with Gasteiger partial charge in [0.2, 0.25) is 5.56 Å². The van der Waals surface area contributed by atoms with E-state index in [0.717, 1.165) is 44.5 Å². The van der Waals surface area contributed by atoms with Crippen LogP contribution in [0.1, 0.15) is 24.0 Å². The van der Waals surface area contributed by atoms with E-state index in [1.54, 1.807) is 23.8 Å². The number of methoxy groups -OCH3 is 1. The molecule has 23 heavy (non-hydrogen) atoms. The van der Waals surface area contributed by atoms with Crippen LogP contribution >= 0.6 is 0 Å². The molecule has 0 spiro atoms. The van der Waals surface area contributed by atoms with Crippen molar-refractivity contribution in [3.05, 3.63) is 64.1 Å². The smallest absolute Gasteiger partial charge is 0.250 e. The van der Waals surface area contributed by atoms with Crippen molar-refractivity contribution >= 4 is 0 Å². The van der Waals surface area contributed by atoms with Crippen molar-refractivity contribution in [2.75, 3.05) is 13.7 Å². The summed E-state index contributed by atoms with van der Waals surface area (Å²) in [5.41, 5.74) is 2.92. The number of aryl methyl sites for hydroxylation is 2. The maximum atomic E-state index is 11.6. The summed E-state index contributed by atoms with van der Waals surface area (Å²) in [6.07, 6.45) is 6.15. The summed E-state index contributed by atoms with van der Waals surface area (Å²) in [6, 6.07) is 12.2. The molecule has 1 N–H and O–H groups in total. The first-order valence-corrected chi connectivity index (χ1v) is 8.31. The zero-order valence-electron chi connectivity index (χ0n) is 13.6.